The number of aromatic nitrogens is 1. The number of piperidine rings is 1. The molecule has 3 aromatic rings. The number of carbonyl (C=O) groups is 1. The lowest BCUT2D eigenvalue weighted by Gasteiger charge is -2.30. The van der Waals surface area contributed by atoms with Crippen molar-refractivity contribution in [2.75, 3.05) is 24.2 Å². The first-order valence-electron chi connectivity index (χ1n) is 11.4. The van der Waals surface area contributed by atoms with Gasteiger partial charge in [0, 0.05) is 47.5 Å². The first kappa shape index (κ1) is 21.1. The second kappa shape index (κ2) is 8.00. The number of ketones is 1. The van der Waals surface area contributed by atoms with Crippen molar-refractivity contribution in [2.45, 2.75) is 43.9 Å². The molecule has 5 rings (SSSR count). The van der Waals surface area contributed by atoms with E-state index in [4.69, 9.17) is 4.98 Å². The van der Waals surface area contributed by atoms with Gasteiger partial charge in [-0.2, -0.15) is 0 Å². The summed E-state index contributed by atoms with van der Waals surface area (Å²) < 4.78 is 23.9. The molecule has 1 aliphatic carbocycles. The van der Waals surface area contributed by atoms with Crippen molar-refractivity contribution in [1.29, 1.82) is 0 Å². The zero-order chi connectivity index (χ0) is 22.5. The van der Waals surface area contributed by atoms with E-state index in [1.165, 1.54) is 25.5 Å². The summed E-state index contributed by atoms with van der Waals surface area (Å²) in [7, 11) is -3.29. The Labute approximate surface area is 189 Å². The number of hydrogen-bond donors (Lipinski definition) is 0. The number of nitrogens with zero attached hydrogens (tertiary/aromatic N) is 2. The van der Waals surface area contributed by atoms with Gasteiger partial charge in [0.05, 0.1) is 16.1 Å². The number of Topliss-reactive ketones (excluding diaryl/α,β-unsaturated/α-hetero) is 1. The first-order valence-corrected chi connectivity index (χ1v) is 13.3. The van der Waals surface area contributed by atoms with Gasteiger partial charge in [-0.3, -0.25) is 9.78 Å². The number of pyridine rings is 1. The molecule has 0 bridgehead atoms. The lowest BCUT2D eigenvalue weighted by atomic mass is 9.90. The fourth-order valence-corrected chi connectivity index (χ4v) is 5.43. The van der Waals surface area contributed by atoms with Gasteiger partial charge in [-0.1, -0.05) is 24.3 Å². The summed E-state index contributed by atoms with van der Waals surface area (Å²) in [6.07, 6.45) is 6.67. The Bertz CT molecular complexity index is 1300. The Balaban J connectivity index is 1.76. The van der Waals surface area contributed by atoms with Crippen molar-refractivity contribution in [3.8, 4) is 11.1 Å². The van der Waals surface area contributed by atoms with E-state index in [0.29, 0.717) is 5.56 Å². The van der Waals surface area contributed by atoms with E-state index in [1.54, 1.807) is 12.1 Å². The molecule has 1 aliphatic heterocycles. The van der Waals surface area contributed by atoms with Crippen molar-refractivity contribution in [3.05, 3.63) is 53.7 Å². The molecule has 2 aliphatic rings. The zero-order valence-corrected chi connectivity index (χ0v) is 19.4. The quantitative estimate of drug-likeness (QED) is 0.502. The number of rotatable bonds is 5. The Morgan fingerprint density at radius 3 is 2.31 bits per heavy atom. The maximum Gasteiger partial charge on any atom is 0.175 e. The molecule has 0 amide bonds. The van der Waals surface area contributed by atoms with Crippen LogP contribution in [0.4, 0.5) is 5.69 Å². The van der Waals surface area contributed by atoms with Crippen molar-refractivity contribution >= 4 is 32.2 Å². The number of sulfone groups is 1. The SMILES string of the molecule is Cc1nc2c(N3CCCCC3)cccc2c(-c2ccc(S(C)(=O)=O)cc2)c1C(=O)C1CC1. The molecule has 0 N–H and O–H groups in total. The van der Waals surface area contributed by atoms with Crippen LogP contribution in [0.3, 0.4) is 0 Å². The molecule has 0 unspecified atom stereocenters. The summed E-state index contributed by atoms with van der Waals surface area (Å²) >= 11 is 0. The second-order valence-electron chi connectivity index (χ2n) is 9.10. The van der Waals surface area contributed by atoms with Crippen LogP contribution < -0.4 is 4.90 Å². The molecule has 0 radical (unpaired) electrons. The normalized spacial score (nSPS) is 17.0. The van der Waals surface area contributed by atoms with E-state index >= 15 is 0 Å². The summed E-state index contributed by atoms with van der Waals surface area (Å²) in [6.45, 7) is 3.96. The molecule has 32 heavy (non-hydrogen) atoms. The smallest absolute Gasteiger partial charge is 0.175 e. The first-order chi connectivity index (χ1) is 15.3. The molecule has 2 aromatic carbocycles. The number of hydrogen-bond acceptors (Lipinski definition) is 5. The van der Waals surface area contributed by atoms with Crippen LogP contribution in [-0.2, 0) is 9.84 Å². The van der Waals surface area contributed by atoms with E-state index < -0.39 is 9.84 Å². The van der Waals surface area contributed by atoms with Crippen molar-refractivity contribution in [3.63, 3.8) is 0 Å². The van der Waals surface area contributed by atoms with Gasteiger partial charge >= 0.3 is 0 Å². The molecule has 1 saturated carbocycles. The number of aryl methyl sites for hydroxylation is 1. The summed E-state index contributed by atoms with van der Waals surface area (Å²) in [5.41, 5.74) is 5.20. The van der Waals surface area contributed by atoms with Crippen molar-refractivity contribution < 1.29 is 13.2 Å². The van der Waals surface area contributed by atoms with Crippen LogP contribution in [0.2, 0.25) is 0 Å². The monoisotopic (exact) mass is 448 g/mol. The average Bonchev–Trinajstić information content (AvgIpc) is 3.63. The van der Waals surface area contributed by atoms with E-state index in [-0.39, 0.29) is 16.6 Å². The molecule has 1 aromatic heterocycles. The minimum absolute atomic E-state index is 0.0762. The molecule has 2 heterocycles. The van der Waals surface area contributed by atoms with Crippen LogP contribution in [-0.4, -0.2) is 38.5 Å². The van der Waals surface area contributed by atoms with Crippen LogP contribution >= 0.6 is 0 Å². The Morgan fingerprint density at radius 1 is 1.00 bits per heavy atom. The van der Waals surface area contributed by atoms with Gasteiger partial charge in [-0.05, 0) is 62.8 Å². The Hall–Kier alpha value is -2.73. The molecule has 5 nitrogen and oxygen atoms in total. The van der Waals surface area contributed by atoms with Gasteiger partial charge in [0.25, 0.3) is 0 Å². The number of para-hydroxylation sites is 1. The predicted octanol–water partition coefficient (Wildman–Crippen LogP) is 5.20. The molecule has 166 valence electrons. The summed E-state index contributed by atoms with van der Waals surface area (Å²) in [5.74, 6) is 0.231. The Kier molecular flexibility index (Phi) is 5.28. The highest BCUT2D eigenvalue weighted by molar-refractivity contribution is 7.90. The summed E-state index contributed by atoms with van der Waals surface area (Å²) in [5, 5.41) is 0.953. The summed E-state index contributed by atoms with van der Waals surface area (Å²) in [6, 6.07) is 13.1. The zero-order valence-electron chi connectivity index (χ0n) is 18.6. The number of anilines is 1. The van der Waals surface area contributed by atoms with Gasteiger partial charge in [0.1, 0.15) is 0 Å². The maximum absolute atomic E-state index is 13.3. The van der Waals surface area contributed by atoms with Gasteiger partial charge < -0.3 is 4.90 Å². The minimum atomic E-state index is -3.29. The molecular formula is C26H28N2O3S. The van der Waals surface area contributed by atoms with E-state index in [1.807, 2.05) is 31.2 Å². The molecule has 2 fully saturated rings. The fourth-order valence-electron chi connectivity index (χ4n) is 4.80. The van der Waals surface area contributed by atoms with Gasteiger partial charge in [0.2, 0.25) is 0 Å². The van der Waals surface area contributed by atoms with Crippen LogP contribution in [0, 0.1) is 12.8 Å². The maximum atomic E-state index is 13.3. The lowest BCUT2D eigenvalue weighted by Crippen LogP contribution is -2.29. The number of fused-ring (bicyclic) bond motifs is 1. The average molecular weight is 449 g/mol. The second-order valence-corrected chi connectivity index (χ2v) is 11.1. The lowest BCUT2D eigenvalue weighted by molar-refractivity contribution is 0.0967. The van der Waals surface area contributed by atoms with E-state index in [0.717, 1.165) is 59.3 Å². The van der Waals surface area contributed by atoms with Crippen molar-refractivity contribution in [2.24, 2.45) is 5.92 Å². The predicted molar refractivity (Wildman–Crippen MR) is 128 cm³/mol. The largest absolute Gasteiger partial charge is 0.370 e. The van der Waals surface area contributed by atoms with Crippen molar-refractivity contribution in [1.82, 2.24) is 4.98 Å². The van der Waals surface area contributed by atoms with Gasteiger partial charge in [-0.25, -0.2) is 8.42 Å². The molecular weight excluding hydrogens is 420 g/mol. The third-order valence-electron chi connectivity index (χ3n) is 6.64. The van der Waals surface area contributed by atoms with Crippen LogP contribution in [0.1, 0.15) is 48.2 Å². The third-order valence-corrected chi connectivity index (χ3v) is 7.77. The highest BCUT2D eigenvalue weighted by atomic mass is 32.2. The molecule has 1 saturated heterocycles. The van der Waals surface area contributed by atoms with Crippen LogP contribution in [0.15, 0.2) is 47.4 Å². The number of benzene rings is 2. The van der Waals surface area contributed by atoms with Gasteiger partial charge in [-0.15, -0.1) is 0 Å². The van der Waals surface area contributed by atoms with Gasteiger partial charge in [0.15, 0.2) is 15.6 Å². The fraction of sp³-hybridized carbons (Fsp3) is 0.385. The molecule has 0 atom stereocenters. The number of carbonyl (C=O) groups excluding carboxylic acids is 1. The van der Waals surface area contributed by atoms with Crippen LogP contribution in [0.5, 0.6) is 0 Å². The third kappa shape index (κ3) is 3.81. The highest BCUT2D eigenvalue weighted by Crippen LogP contribution is 2.41. The van der Waals surface area contributed by atoms with Crippen LogP contribution in [0.25, 0.3) is 22.0 Å². The minimum Gasteiger partial charge on any atom is -0.370 e. The molecule has 0 spiro atoms. The van der Waals surface area contributed by atoms with E-state index in [2.05, 4.69) is 11.0 Å². The Morgan fingerprint density at radius 2 is 1.69 bits per heavy atom. The summed E-state index contributed by atoms with van der Waals surface area (Å²) in [4.78, 5) is 21.0. The topological polar surface area (TPSA) is 67.3 Å². The molecule has 6 heteroatoms. The highest BCUT2D eigenvalue weighted by Gasteiger charge is 2.34. The standard InChI is InChI=1S/C26H28N2O3S/c1-17-23(26(29)19-9-10-19)24(18-11-13-20(14-12-18)32(2,30)31)21-7-6-8-22(25(21)27-17)28-15-4-3-5-16-28/h6-8,11-14,19H,3-5,9-10,15-16H2,1-2H3. The van der Waals surface area contributed by atoms with E-state index in [9.17, 15) is 13.2 Å².